The normalized spacial score (nSPS) is 10.3. The van der Waals surface area contributed by atoms with E-state index in [0.717, 1.165) is 23.6 Å². The maximum Gasteiger partial charge on any atom is 0.257 e. The molecule has 6 nitrogen and oxygen atoms in total. The number of para-hydroxylation sites is 1. The van der Waals surface area contributed by atoms with Crippen LogP contribution < -0.4 is 24.8 Å². The minimum absolute atomic E-state index is 0.216. The predicted molar refractivity (Wildman–Crippen MR) is 144 cm³/mol. The Kier molecular flexibility index (Phi) is 10.9. The zero-order valence-electron chi connectivity index (χ0n) is 20.0. The van der Waals surface area contributed by atoms with Crippen LogP contribution in [-0.4, -0.2) is 30.8 Å². The fourth-order valence-corrected chi connectivity index (χ4v) is 3.47. The molecule has 0 atom stereocenters. The topological polar surface area (TPSA) is 68.8 Å². The number of rotatable bonds is 13. The van der Waals surface area contributed by atoms with Gasteiger partial charge < -0.3 is 19.5 Å². The van der Waals surface area contributed by atoms with Gasteiger partial charge in [0.15, 0.2) is 5.11 Å². The molecule has 0 radical (unpaired) electrons. The van der Waals surface area contributed by atoms with Gasteiger partial charge in [-0.25, -0.2) is 0 Å². The minimum Gasteiger partial charge on any atom is -0.494 e. The number of anilines is 1. The summed E-state index contributed by atoms with van der Waals surface area (Å²) in [5.74, 6) is 1.93. The lowest BCUT2D eigenvalue weighted by molar-refractivity contribution is 0.0977. The molecule has 184 valence electrons. The summed E-state index contributed by atoms with van der Waals surface area (Å²) in [7, 11) is 0. The molecule has 3 aromatic carbocycles. The third-order valence-electron chi connectivity index (χ3n) is 5.07. The van der Waals surface area contributed by atoms with Gasteiger partial charge in [0.25, 0.3) is 5.91 Å². The molecule has 0 bridgehead atoms. The summed E-state index contributed by atoms with van der Waals surface area (Å²) < 4.78 is 17.1. The van der Waals surface area contributed by atoms with Crippen LogP contribution in [0.15, 0.2) is 78.9 Å². The second-order valence-corrected chi connectivity index (χ2v) is 8.29. The number of carbonyl (C=O) groups is 1. The maximum atomic E-state index is 12.5. The van der Waals surface area contributed by atoms with Gasteiger partial charge in [0, 0.05) is 17.3 Å². The summed E-state index contributed by atoms with van der Waals surface area (Å²) in [6, 6.07) is 24.0. The largest absolute Gasteiger partial charge is 0.494 e. The van der Waals surface area contributed by atoms with Gasteiger partial charge in [-0.15, -0.1) is 0 Å². The summed E-state index contributed by atoms with van der Waals surface area (Å²) >= 11 is 5.31. The van der Waals surface area contributed by atoms with Crippen LogP contribution in [0.1, 0.15) is 43.0 Å². The molecule has 0 aliphatic carbocycles. The first-order valence-corrected chi connectivity index (χ1v) is 12.3. The Morgan fingerprint density at radius 3 is 2.11 bits per heavy atom. The van der Waals surface area contributed by atoms with E-state index in [1.165, 1.54) is 19.3 Å². The van der Waals surface area contributed by atoms with Crippen molar-refractivity contribution in [1.29, 1.82) is 0 Å². The number of amides is 1. The number of thiocarbonyl (C=S) groups is 1. The molecule has 0 heterocycles. The molecule has 2 N–H and O–H groups in total. The Hall–Kier alpha value is -3.58. The first kappa shape index (κ1) is 26.0. The van der Waals surface area contributed by atoms with E-state index in [1.54, 1.807) is 24.3 Å². The van der Waals surface area contributed by atoms with E-state index in [2.05, 4.69) is 17.6 Å². The van der Waals surface area contributed by atoms with Gasteiger partial charge in [-0.3, -0.25) is 10.1 Å². The molecule has 3 aromatic rings. The highest BCUT2D eigenvalue weighted by atomic mass is 32.1. The number of nitrogens with one attached hydrogen (secondary N) is 2. The summed E-state index contributed by atoms with van der Waals surface area (Å²) in [4.78, 5) is 12.5. The number of hydrogen-bond donors (Lipinski definition) is 2. The van der Waals surface area contributed by atoms with Crippen LogP contribution >= 0.6 is 12.2 Å². The van der Waals surface area contributed by atoms with Crippen molar-refractivity contribution in [3.63, 3.8) is 0 Å². The monoisotopic (exact) mass is 492 g/mol. The molecule has 0 unspecified atom stereocenters. The van der Waals surface area contributed by atoms with Crippen molar-refractivity contribution in [3.8, 4) is 17.2 Å². The summed E-state index contributed by atoms with van der Waals surface area (Å²) in [5, 5.41) is 5.95. The van der Waals surface area contributed by atoms with E-state index in [-0.39, 0.29) is 11.0 Å². The second kappa shape index (κ2) is 14.6. The van der Waals surface area contributed by atoms with E-state index in [4.69, 9.17) is 26.4 Å². The summed E-state index contributed by atoms with van der Waals surface area (Å²) in [6.45, 7) is 3.70. The molecule has 0 aliphatic heterocycles. The Morgan fingerprint density at radius 2 is 1.40 bits per heavy atom. The first-order valence-electron chi connectivity index (χ1n) is 11.9. The molecule has 3 rings (SSSR count). The van der Waals surface area contributed by atoms with E-state index >= 15 is 0 Å². The van der Waals surface area contributed by atoms with Gasteiger partial charge in [0.05, 0.1) is 6.61 Å². The van der Waals surface area contributed by atoms with Crippen molar-refractivity contribution in [2.75, 3.05) is 25.1 Å². The number of ether oxygens (including phenoxy) is 3. The highest BCUT2D eigenvalue weighted by molar-refractivity contribution is 7.80. The molecule has 1 amide bonds. The zero-order chi connectivity index (χ0) is 24.7. The Labute approximate surface area is 212 Å². The molecule has 0 aliphatic rings. The van der Waals surface area contributed by atoms with Gasteiger partial charge >= 0.3 is 0 Å². The molecule has 35 heavy (non-hydrogen) atoms. The van der Waals surface area contributed by atoms with E-state index < -0.39 is 0 Å². The van der Waals surface area contributed by atoms with E-state index in [9.17, 15) is 4.79 Å². The van der Waals surface area contributed by atoms with E-state index in [1.807, 2.05) is 54.6 Å². The number of unbranched alkanes of at least 4 members (excludes halogenated alkanes) is 3. The Morgan fingerprint density at radius 1 is 0.743 bits per heavy atom. The lowest BCUT2D eigenvalue weighted by atomic mass is 10.2. The van der Waals surface area contributed by atoms with E-state index in [0.29, 0.717) is 31.1 Å². The molecule has 0 saturated carbocycles. The molecule has 0 aromatic heterocycles. The summed E-state index contributed by atoms with van der Waals surface area (Å²) in [5.41, 5.74) is 1.23. The predicted octanol–water partition coefficient (Wildman–Crippen LogP) is 6.23. The molecule has 0 fully saturated rings. The van der Waals surface area contributed by atoms with Crippen LogP contribution in [0.25, 0.3) is 0 Å². The quantitative estimate of drug-likeness (QED) is 0.218. The van der Waals surface area contributed by atoms with Crippen LogP contribution in [-0.2, 0) is 0 Å². The molecule has 7 heteroatoms. The van der Waals surface area contributed by atoms with Crippen LogP contribution in [0.3, 0.4) is 0 Å². The van der Waals surface area contributed by atoms with Crippen molar-refractivity contribution in [3.05, 3.63) is 84.4 Å². The van der Waals surface area contributed by atoms with Crippen LogP contribution in [0.4, 0.5) is 5.69 Å². The fraction of sp³-hybridized carbons (Fsp3) is 0.286. The Balaban J connectivity index is 1.39. The third kappa shape index (κ3) is 9.66. The van der Waals surface area contributed by atoms with Gasteiger partial charge in [0.1, 0.15) is 30.5 Å². The number of carbonyl (C=O) groups excluding carboxylic acids is 1. The lowest BCUT2D eigenvalue weighted by Gasteiger charge is -2.12. The highest BCUT2D eigenvalue weighted by Crippen LogP contribution is 2.18. The molecular weight excluding hydrogens is 460 g/mol. The van der Waals surface area contributed by atoms with Gasteiger partial charge in [-0.05, 0) is 67.2 Å². The second-order valence-electron chi connectivity index (χ2n) is 7.88. The standard InChI is InChI=1S/C28H32N2O4S/c1-2-3-4-8-18-32-26-13-9-10-23(21-26)29-28(35)30-27(31)22-14-16-25(17-15-22)34-20-19-33-24-11-6-5-7-12-24/h5-7,9-17,21H,2-4,8,18-20H2,1H3,(H2,29,30,31,35). The highest BCUT2D eigenvalue weighted by Gasteiger charge is 2.09. The van der Waals surface area contributed by atoms with Gasteiger partial charge in [-0.2, -0.15) is 0 Å². The average molecular weight is 493 g/mol. The molecule has 0 spiro atoms. The van der Waals surface area contributed by atoms with Gasteiger partial charge in [-0.1, -0.05) is 50.5 Å². The van der Waals surface area contributed by atoms with Crippen molar-refractivity contribution < 1.29 is 19.0 Å². The minimum atomic E-state index is -0.301. The van der Waals surface area contributed by atoms with Crippen molar-refractivity contribution >= 4 is 28.9 Å². The average Bonchev–Trinajstić information content (AvgIpc) is 2.87. The van der Waals surface area contributed by atoms with Crippen molar-refractivity contribution in [2.24, 2.45) is 0 Å². The van der Waals surface area contributed by atoms with Crippen LogP contribution in [0, 0.1) is 0 Å². The number of benzene rings is 3. The maximum absolute atomic E-state index is 12.5. The Bertz CT molecular complexity index is 1060. The smallest absolute Gasteiger partial charge is 0.257 e. The number of hydrogen-bond acceptors (Lipinski definition) is 5. The first-order chi connectivity index (χ1) is 17.1. The lowest BCUT2D eigenvalue weighted by Crippen LogP contribution is -2.34. The molecular formula is C28H32N2O4S. The van der Waals surface area contributed by atoms with Crippen LogP contribution in [0.2, 0.25) is 0 Å². The molecule has 0 saturated heterocycles. The zero-order valence-corrected chi connectivity index (χ0v) is 20.8. The SMILES string of the molecule is CCCCCCOc1cccc(NC(=S)NC(=O)c2ccc(OCCOc3ccccc3)cc2)c1. The third-order valence-corrected chi connectivity index (χ3v) is 5.27. The van der Waals surface area contributed by atoms with Crippen LogP contribution in [0.5, 0.6) is 17.2 Å². The fourth-order valence-electron chi connectivity index (χ4n) is 3.26. The van der Waals surface area contributed by atoms with Crippen molar-refractivity contribution in [2.45, 2.75) is 32.6 Å². The van der Waals surface area contributed by atoms with Crippen molar-refractivity contribution in [1.82, 2.24) is 5.32 Å². The van der Waals surface area contributed by atoms with Gasteiger partial charge in [0.2, 0.25) is 0 Å². The summed E-state index contributed by atoms with van der Waals surface area (Å²) in [6.07, 6.45) is 4.62.